The minimum absolute atomic E-state index is 0.0406. The molecule has 0 aliphatic carbocycles. The predicted octanol–water partition coefficient (Wildman–Crippen LogP) is 4.14. The third-order valence-electron chi connectivity index (χ3n) is 3.58. The van der Waals surface area contributed by atoms with E-state index in [0.717, 1.165) is 11.4 Å². The first-order valence-corrected chi connectivity index (χ1v) is 8.34. The maximum atomic E-state index is 13.1. The van der Waals surface area contributed by atoms with Crippen molar-refractivity contribution in [3.63, 3.8) is 0 Å². The minimum Gasteiger partial charge on any atom is -0.457 e. The fraction of sp³-hybridized carbons (Fsp3) is 0.167. The molecule has 0 atom stereocenters. The number of esters is 1. The van der Waals surface area contributed by atoms with Crippen LogP contribution in [0.2, 0.25) is 0 Å². The minimum atomic E-state index is -0.497. The Bertz CT molecular complexity index is 923. The summed E-state index contributed by atoms with van der Waals surface area (Å²) in [6.07, 6.45) is 1.45. The second kappa shape index (κ2) is 7.14. The van der Waals surface area contributed by atoms with Crippen LogP contribution in [0.4, 0.5) is 4.39 Å². The number of carbonyl (C=O) groups is 1. The topological polar surface area (TPSA) is 57.0 Å². The number of pyridine rings is 1. The molecule has 0 bridgehead atoms. The highest BCUT2D eigenvalue weighted by Gasteiger charge is 2.11. The Morgan fingerprint density at radius 2 is 2.04 bits per heavy atom. The molecule has 7 heteroatoms. The third-order valence-corrected chi connectivity index (χ3v) is 4.32. The van der Waals surface area contributed by atoms with E-state index in [4.69, 9.17) is 4.74 Å². The molecule has 0 unspecified atom stereocenters. The molecule has 0 radical (unpaired) electrons. The van der Waals surface area contributed by atoms with E-state index in [2.05, 4.69) is 26.0 Å². The van der Waals surface area contributed by atoms with Crippen LogP contribution in [0.3, 0.4) is 0 Å². The van der Waals surface area contributed by atoms with Gasteiger partial charge in [0.1, 0.15) is 12.4 Å². The molecule has 5 nitrogen and oxygen atoms in total. The van der Waals surface area contributed by atoms with Crippen LogP contribution in [-0.2, 0) is 11.3 Å². The summed E-state index contributed by atoms with van der Waals surface area (Å²) in [5.41, 5.74) is 2.87. The number of aromatic nitrogens is 3. The number of carbonyl (C=O) groups excluding carboxylic acids is 1. The number of halogens is 2. The van der Waals surface area contributed by atoms with Crippen LogP contribution in [0, 0.1) is 19.7 Å². The number of ether oxygens (including phenoxy) is 1. The summed E-state index contributed by atoms with van der Waals surface area (Å²) in [5.74, 6) is -0.224. The zero-order valence-corrected chi connectivity index (χ0v) is 15.2. The van der Waals surface area contributed by atoms with Crippen LogP contribution in [0.25, 0.3) is 5.82 Å². The molecular formula is C18H15BrFN3O2. The van der Waals surface area contributed by atoms with Crippen molar-refractivity contribution in [2.75, 3.05) is 0 Å². The molecule has 0 N–H and O–H groups in total. The molecule has 0 saturated carbocycles. The Balaban J connectivity index is 1.69. The third kappa shape index (κ3) is 3.93. The number of benzene rings is 1. The molecule has 25 heavy (non-hydrogen) atoms. The van der Waals surface area contributed by atoms with Gasteiger partial charge in [0, 0.05) is 21.9 Å². The lowest BCUT2D eigenvalue weighted by atomic mass is 10.2. The van der Waals surface area contributed by atoms with Gasteiger partial charge in [0.15, 0.2) is 5.82 Å². The SMILES string of the molecule is Cc1cc(C)n(-c2ccc(C(=O)OCc3ccc(F)cc3Br)cn2)n1. The molecule has 0 saturated heterocycles. The van der Waals surface area contributed by atoms with Crippen LogP contribution >= 0.6 is 15.9 Å². The van der Waals surface area contributed by atoms with Gasteiger partial charge >= 0.3 is 5.97 Å². The maximum Gasteiger partial charge on any atom is 0.340 e. The molecule has 0 fully saturated rings. The molecule has 3 rings (SSSR count). The summed E-state index contributed by atoms with van der Waals surface area (Å²) in [6, 6.07) is 9.51. The van der Waals surface area contributed by atoms with E-state index in [1.807, 2.05) is 19.9 Å². The molecule has 0 aliphatic heterocycles. The average molecular weight is 404 g/mol. The van der Waals surface area contributed by atoms with Crippen LogP contribution in [0.15, 0.2) is 47.1 Å². The van der Waals surface area contributed by atoms with Crippen molar-refractivity contribution in [3.05, 3.63) is 75.4 Å². The van der Waals surface area contributed by atoms with Gasteiger partial charge in [0.05, 0.1) is 11.3 Å². The number of hydrogen-bond donors (Lipinski definition) is 0. The van der Waals surface area contributed by atoms with Crippen molar-refractivity contribution < 1.29 is 13.9 Å². The van der Waals surface area contributed by atoms with E-state index in [9.17, 15) is 9.18 Å². The number of hydrogen-bond acceptors (Lipinski definition) is 4. The Hall–Kier alpha value is -2.54. The highest BCUT2D eigenvalue weighted by molar-refractivity contribution is 9.10. The summed E-state index contributed by atoms with van der Waals surface area (Å²) in [7, 11) is 0. The van der Waals surface area contributed by atoms with Crippen LogP contribution in [0.5, 0.6) is 0 Å². The van der Waals surface area contributed by atoms with Crippen molar-refractivity contribution in [1.29, 1.82) is 0 Å². The molecular weight excluding hydrogens is 389 g/mol. The monoisotopic (exact) mass is 403 g/mol. The smallest absolute Gasteiger partial charge is 0.340 e. The maximum absolute atomic E-state index is 13.1. The van der Waals surface area contributed by atoms with Crippen molar-refractivity contribution in [3.8, 4) is 5.82 Å². The fourth-order valence-corrected chi connectivity index (χ4v) is 2.82. The Labute approximate surface area is 152 Å². The van der Waals surface area contributed by atoms with E-state index in [-0.39, 0.29) is 12.4 Å². The van der Waals surface area contributed by atoms with Gasteiger partial charge in [-0.1, -0.05) is 22.0 Å². The average Bonchev–Trinajstić information content (AvgIpc) is 2.92. The Morgan fingerprint density at radius 3 is 2.64 bits per heavy atom. The predicted molar refractivity (Wildman–Crippen MR) is 94.1 cm³/mol. The van der Waals surface area contributed by atoms with Crippen molar-refractivity contribution in [2.24, 2.45) is 0 Å². The Kier molecular flexibility index (Phi) is 4.94. The first-order valence-electron chi connectivity index (χ1n) is 7.55. The first-order chi connectivity index (χ1) is 11.9. The van der Waals surface area contributed by atoms with Gasteiger partial charge in [-0.05, 0) is 44.2 Å². The normalized spacial score (nSPS) is 10.7. The number of nitrogens with zero attached hydrogens (tertiary/aromatic N) is 3. The van der Waals surface area contributed by atoms with Crippen LogP contribution < -0.4 is 0 Å². The van der Waals surface area contributed by atoms with Crippen LogP contribution in [0.1, 0.15) is 27.3 Å². The Morgan fingerprint density at radius 1 is 1.24 bits per heavy atom. The molecule has 0 aliphatic rings. The molecule has 0 amide bonds. The standard InChI is InChI=1S/C18H15BrFN3O2/c1-11-7-12(2)23(22-11)17-6-4-13(9-21-17)18(24)25-10-14-3-5-15(20)8-16(14)19/h3-9H,10H2,1-2H3. The summed E-state index contributed by atoms with van der Waals surface area (Å²) in [5, 5.41) is 4.35. The molecule has 3 aromatic rings. The van der Waals surface area contributed by atoms with Gasteiger partial charge in [0.25, 0.3) is 0 Å². The zero-order chi connectivity index (χ0) is 18.0. The van der Waals surface area contributed by atoms with Gasteiger partial charge in [-0.3, -0.25) is 0 Å². The quantitative estimate of drug-likeness (QED) is 0.614. The highest BCUT2D eigenvalue weighted by atomic mass is 79.9. The van der Waals surface area contributed by atoms with Gasteiger partial charge in [-0.2, -0.15) is 5.10 Å². The summed E-state index contributed by atoms with van der Waals surface area (Å²) >= 11 is 3.24. The molecule has 1 aromatic carbocycles. The fourth-order valence-electron chi connectivity index (χ4n) is 2.36. The molecule has 2 aromatic heterocycles. The lowest BCUT2D eigenvalue weighted by molar-refractivity contribution is 0.0471. The van der Waals surface area contributed by atoms with Crippen molar-refractivity contribution >= 4 is 21.9 Å². The van der Waals surface area contributed by atoms with Crippen molar-refractivity contribution in [1.82, 2.24) is 14.8 Å². The lowest BCUT2D eigenvalue weighted by Gasteiger charge is -2.08. The van der Waals surface area contributed by atoms with Crippen LogP contribution in [-0.4, -0.2) is 20.7 Å². The van der Waals surface area contributed by atoms with E-state index in [0.29, 0.717) is 21.4 Å². The molecule has 2 heterocycles. The highest BCUT2D eigenvalue weighted by Crippen LogP contribution is 2.19. The van der Waals surface area contributed by atoms with Gasteiger partial charge in [-0.25, -0.2) is 18.9 Å². The summed E-state index contributed by atoms with van der Waals surface area (Å²) in [6.45, 7) is 3.88. The largest absolute Gasteiger partial charge is 0.457 e. The first kappa shape index (κ1) is 17.3. The molecule has 0 spiro atoms. The van der Waals surface area contributed by atoms with Crippen molar-refractivity contribution in [2.45, 2.75) is 20.5 Å². The van der Waals surface area contributed by atoms with E-state index in [1.54, 1.807) is 22.9 Å². The van der Waals surface area contributed by atoms with Gasteiger partial charge in [0.2, 0.25) is 0 Å². The van der Waals surface area contributed by atoms with Gasteiger partial charge < -0.3 is 4.74 Å². The second-order valence-electron chi connectivity index (χ2n) is 5.56. The van der Waals surface area contributed by atoms with E-state index in [1.165, 1.54) is 18.3 Å². The number of aryl methyl sites for hydroxylation is 2. The summed E-state index contributed by atoms with van der Waals surface area (Å²) < 4.78 is 20.6. The zero-order valence-electron chi connectivity index (χ0n) is 13.7. The summed E-state index contributed by atoms with van der Waals surface area (Å²) in [4.78, 5) is 16.4. The van der Waals surface area contributed by atoms with E-state index < -0.39 is 5.97 Å². The molecule has 128 valence electrons. The lowest BCUT2D eigenvalue weighted by Crippen LogP contribution is -2.08. The van der Waals surface area contributed by atoms with Gasteiger partial charge in [-0.15, -0.1) is 0 Å². The number of rotatable bonds is 4. The second-order valence-corrected chi connectivity index (χ2v) is 6.41. The van der Waals surface area contributed by atoms with E-state index >= 15 is 0 Å².